The van der Waals surface area contributed by atoms with Crippen molar-refractivity contribution >= 4 is 0 Å². The summed E-state index contributed by atoms with van der Waals surface area (Å²) < 4.78 is 5.76. The molecule has 0 amide bonds. The Hall–Kier alpha value is -0.160. The van der Waals surface area contributed by atoms with Gasteiger partial charge in [0.05, 0.1) is 12.7 Å². The van der Waals surface area contributed by atoms with E-state index in [4.69, 9.17) is 10.5 Å². The van der Waals surface area contributed by atoms with Gasteiger partial charge in [-0.3, -0.25) is 4.90 Å². The highest BCUT2D eigenvalue weighted by molar-refractivity contribution is 5.03. The van der Waals surface area contributed by atoms with Gasteiger partial charge in [-0.25, -0.2) is 0 Å². The zero-order valence-electron chi connectivity index (χ0n) is 11.5. The van der Waals surface area contributed by atoms with Gasteiger partial charge in [-0.15, -0.1) is 0 Å². The molecule has 2 N–H and O–H groups in total. The van der Waals surface area contributed by atoms with Crippen LogP contribution in [0.3, 0.4) is 0 Å². The van der Waals surface area contributed by atoms with Gasteiger partial charge in [0, 0.05) is 37.8 Å². The molecule has 2 heterocycles. The Labute approximate surface area is 105 Å². The summed E-state index contributed by atoms with van der Waals surface area (Å²) in [5.74, 6) is 0. The lowest BCUT2D eigenvalue weighted by molar-refractivity contribution is -0.0663. The van der Waals surface area contributed by atoms with Crippen LogP contribution in [0.1, 0.15) is 26.7 Å². The molecule has 2 aliphatic rings. The molecule has 0 aromatic carbocycles. The number of hydrogen-bond donors (Lipinski definition) is 1. The van der Waals surface area contributed by atoms with Crippen LogP contribution in [0.4, 0.5) is 0 Å². The molecule has 3 unspecified atom stereocenters. The van der Waals surface area contributed by atoms with Crippen LogP contribution in [-0.2, 0) is 4.74 Å². The topological polar surface area (TPSA) is 41.7 Å². The van der Waals surface area contributed by atoms with E-state index in [9.17, 15) is 0 Å². The minimum atomic E-state index is 0.186. The first-order chi connectivity index (χ1) is 8.11. The van der Waals surface area contributed by atoms with Crippen molar-refractivity contribution in [2.45, 2.75) is 44.4 Å². The van der Waals surface area contributed by atoms with Crippen molar-refractivity contribution in [3.8, 4) is 0 Å². The van der Waals surface area contributed by atoms with Crippen molar-refractivity contribution in [1.29, 1.82) is 0 Å². The Bertz CT molecular complexity index is 249. The number of likely N-dealkylation sites (N-methyl/N-ethyl adjacent to an activating group) is 1. The predicted octanol–water partition coefficient (Wildman–Crippen LogP) is 0.519. The third kappa shape index (κ3) is 2.50. The summed E-state index contributed by atoms with van der Waals surface area (Å²) in [7, 11) is 2.21. The van der Waals surface area contributed by atoms with E-state index in [0.717, 1.165) is 39.2 Å². The van der Waals surface area contributed by atoms with Crippen molar-refractivity contribution in [2.75, 3.05) is 39.8 Å². The third-order valence-corrected chi connectivity index (χ3v) is 4.62. The van der Waals surface area contributed by atoms with Crippen LogP contribution in [0.5, 0.6) is 0 Å². The van der Waals surface area contributed by atoms with E-state index >= 15 is 0 Å². The summed E-state index contributed by atoms with van der Waals surface area (Å²) in [6, 6.07) is 0.640. The monoisotopic (exact) mass is 241 g/mol. The van der Waals surface area contributed by atoms with Crippen LogP contribution >= 0.6 is 0 Å². The van der Waals surface area contributed by atoms with E-state index in [0.29, 0.717) is 12.1 Å². The maximum absolute atomic E-state index is 6.10. The molecule has 4 nitrogen and oxygen atoms in total. The fraction of sp³-hybridized carbons (Fsp3) is 1.00. The molecule has 0 radical (unpaired) electrons. The number of morpholine rings is 1. The van der Waals surface area contributed by atoms with Crippen molar-refractivity contribution in [3.63, 3.8) is 0 Å². The fourth-order valence-corrected chi connectivity index (χ4v) is 3.29. The molecule has 3 atom stereocenters. The molecule has 2 saturated heterocycles. The maximum atomic E-state index is 6.10. The first-order valence-electron chi connectivity index (χ1n) is 6.88. The first kappa shape index (κ1) is 13.3. The lowest BCUT2D eigenvalue weighted by atomic mass is 9.92. The predicted molar refractivity (Wildman–Crippen MR) is 70.1 cm³/mol. The minimum absolute atomic E-state index is 0.186. The molecule has 0 aromatic rings. The molecule has 17 heavy (non-hydrogen) atoms. The summed E-state index contributed by atoms with van der Waals surface area (Å²) in [5.41, 5.74) is 6.29. The first-order valence-corrected chi connectivity index (χ1v) is 6.88. The number of hydrogen-bond acceptors (Lipinski definition) is 4. The molecular formula is C13H27N3O. The van der Waals surface area contributed by atoms with E-state index in [2.05, 4.69) is 30.7 Å². The molecule has 0 saturated carbocycles. The van der Waals surface area contributed by atoms with Gasteiger partial charge in [-0.1, -0.05) is 6.92 Å². The molecule has 2 fully saturated rings. The van der Waals surface area contributed by atoms with Crippen LogP contribution in [0.25, 0.3) is 0 Å². The van der Waals surface area contributed by atoms with E-state index in [1.165, 1.54) is 6.42 Å². The largest absolute Gasteiger partial charge is 0.376 e. The van der Waals surface area contributed by atoms with E-state index in [1.54, 1.807) is 0 Å². The molecule has 0 aromatic heterocycles. The number of nitrogens with two attached hydrogens (primary N) is 1. The number of likely N-dealkylation sites (tertiary alicyclic amines) is 1. The average Bonchev–Trinajstić information content (AvgIpc) is 2.66. The van der Waals surface area contributed by atoms with Gasteiger partial charge in [0.1, 0.15) is 0 Å². The van der Waals surface area contributed by atoms with Crippen LogP contribution in [-0.4, -0.2) is 67.3 Å². The SMILES string of the molecule is CCC1CN(C2(CN)CC(C)N(C)C2)CCO1. The van der Waals surface area contributed by atoms with Crippen molar-refractivity contribution in [3.05, 3.63) is 0 Å². The summed E-state index contributed by atoms with van der Waals surface area (Å²) in [5, 5.41) is 0. The summed E-state index contributed by atoms with van der Waals surface area (Å²) in [6.45, 7) is 9.31. The highest BCUT2D eigenvalue weighted by Crippen LogP contribution is 2.32. The standard InChI is InChI=1S/C13H27N3O/c1-4-12-8-16(5-6-17-12)13(9-14)7-11(2)15(3)10-13/h11-12H,4-10,14H2,1-3H3. The lowest BCUT2D eigenvalue weighted by Gasteiger charge is -2.45. The Morgan fingerprint density at radius 1 is 1.47 bits per heavy atom. The second-order valence-corrected chi connectivity index (χ2v) is 5.74. The normalized spacial score (nSPS) is 40.9. The molecule has 4 heteroatoms. The van der Waals surface area contributed by atoms with E-state index in [1.807, 2.05) is 0 Å². The van der Waals surface area contributed by atoms with E-state index < -0.39 is 0 Å². The zero-order valence-corrected chi connectivity index (χ0v) is 11.5. The Morgan fingerprint density at radius 3 is 2.76 bits per heavy atom. The van der Waals surface area contributed by atoms with Gasteiger partial charge < -0.3 is 15.4 Å². The average molecular weight is 241 g/mol. The van der Waals surface area contributed by atoms with Crippen molar-refractivity contribution in [2.24, 2.45) is 5.73 Å². The summed E-state index contributed by atoms with van der Waals surface area (Å²) >= 11 is 0. The smallest absolute Gasteiger partial charge is 0.0700 e. The Kier molecular flexibility index (Phi) is 4.08. The zero-order chi connectivity index (χ0) is 12.5. The molecule has 0 aliphatic carbocycles. The Morgan fingerprint density at radius 2 is 2.24 bits per heavy atom. The van der Waals surface area contributed by atoms with E-state index in [-0.39, 0.29) is 5.54 Å². The van der Waals surface area contributed by atoms with Crippen LogP contribution < -0.4 is 5.73 Å². The highest BCUT2D eigenvalue weighted by Gasteiger charge is 2.45. The quantitative estimate of drug-likeness (QED) is 0.782. The maximum Gasteiger partial charge on any atom is 0.0700 e. The van der Waals surface area contributed by atoms with Gasteiger partial charge in [-0.05, 0) is 26.8 Å². The second-order valence-electron chi connectivity index (χ2n) is 5.74. The van der Waals surface area contributed by atoms with Crippen LogP contribution in [0.15, 0.2) is 0 Å². The van der Waals surface area contributed by atoms with Gasteiger partial charge in [-0.2, -0.15) is 0 Å². The number of nitrogens with zero attached hydrogens (tertiary/aromatic N) is 2. The van der Waals surface area contributed by atoms with Gasteiger partial charge in [0.25, 0.3) is 0 Å². The molecule has 2 rings (SSSR count). The van der Waals surface area contributed by atoms with Crippen molar-refractivity contribution in [1.82, 2.24) is 9.80 Å². The van der Waals surface area contributed by atoms with Crippen LogP contribution in [0.2, 0.25) is 0 Å². The molecule has 0 bridgehead atoms. The third-order valence-electron chi connectivity index (χ3n) is 4.62. The summed E-state index contributed by atoms with van der Waals surface area (Å²) in [4.78, 5) is 5.02. The van der Waals surface area contributed by atoms with Crippen molar-refractivity contribution < 1.29 is 4.74 Å². The molecule has 100 valence electrons. The molecule has 2 aliphatic heterocycles. The number of rotatable bonds is 3. The lowest BCUT2D eigenvalue weighted by Crippen LogP contribution is -2.60. The molecule has 0 spiro atoms. The fourth-order valence-electron chi connectivity index (χ4n) is 3.29. The second kappa shape index (κ2) is 5.22. The van der Waals surface area contributed by atoms with Crippen LogP contribution in [0, 0.1) is 0 Å². The van der Waals surface area contributed by atoms with Gasteiger partial charge in [0.15, 0.2) is 0 Å². The Balaban J connectivity index is 2.07. The molecular weight excluding hydrogens is 214 g/mol. The summed E-state index contributed by atoms with van der Waals surface area (Å²) in [6.07, 6.45) is 2.69. The minimum Gasteiger partial charge on any atom is -0.376 e. The highest BCUT2D eigenvalue weighted by atomic mass is 16.5. The number of ether oxygens (including phenoxy) is 1. The van der Waals surface area contributed by atoms with Gasteiger partial charge >= 0.3 is 0 Å². The van der Waals surface area contributed by atoms with Gasteiger partial charge in [0.2, 0.25) is 0 Å².